The fourth-order valence-corrected chi connectivity index (χ4v) is 3.98. The number of nitrogens with two attached hydrogens (primary N) is 1. The van der Waals surface area contributed by atoms with Crippen LogP contribution in [-0.4, -0.2) is 82.4 Å². The fraction of sp³-hybridized carbons (Fsp3) is 0.435. The topological polar surface area (TPSA) is 115 Å². The SMILES string of the molecule is CN1CCC(Oc2ccc(-c3cc(-c4cnc(N)nc4)nc(N4CCOCC4)n3)cn2)CC1. The Morgan fingerprint density at radius 1 is 0.909 bits per heavy atom. The molecule has 3 aromatic heterocycles. The molecule has 2 saturated heterocycles. The van der Waals surface area contributed by atoms with E-state index in [1.54, 1.807) is 18.6 Å². The van der Waals surface area contributed by atoms with Crippen LogP contribution in [0.2, 0.25) is 0 Å². The van der Waals surface area contributed by atoms with Crippen LogP contribution in [0.25, 0.3) is 22.5 Å². The molecule has 2 N–H and O–H groups in total. The molecule has 2 aliphatic rings. The van der Waals surface area contributed by atoms with Crippen molar-refractivity contribution in [2.24, 2.45) is 0 Å². The number of aromatic nitrogens is 5. The maximum atomic E-state index is 6.10. The van der Waals surface area contributed by atoms with E-state index in [1.165, 1.54) is 0 Å². The summed E-state index contributed by atoms with van der Waals surface area (Å²) in [6.07, 6.45) is 7.40. The van der Waals surface area contributed by atoms with Gasteiger partial charge in [-0.2, -0.15) is 0 Å². The lowest BCUT2D eigenvalue weighted by molar-refractivity contribution is 0.110. The Hall–Kier alpha value is -3.37. The zero-order valence-corrected chi connectivity index (χ0v) is 18.7. The molecule has 0 aromatic carbocycles. The quantitative estimate of drug-likeness (QED) is 0.620. The van der Waals surface area contributed by atoms with E-state index in [-0.39, 0.29) is 12.1 Å². The molecule has 172 valence electrons. The third kappa shape index (κ3) is 5.18. The predicted octanol–water partition coefficient (Wildman–Crippen LogP) is 1.89. The van der Waals surface area contributed by atoms with Crippen LogP contribution in [0.15, 0.2) is 36.8 Å². The Morgan fingerprint density at radius 2 is 1.58 bits per heavy atom. The van der Waals surface area contributed by atoms with Crippen LogP contribution in [-0.2, 0) is 4.74 Å². The number of hydrogen-bond acceptors (Lipinski definition) is 10. The summed E-state index contributed by atoms with van der Waals surface area (Å²) < 4.78 is 11.6. The third-order valence-electron chi connectivity index (χ3n) is 5.96. The average molecular weight is 449 g/mol. The molecule has 33 heavy (non-hydrogen) atoms. The molecule has 10 nitrogen and oxygen atoms in total. The molecule has 0 unspecified atom stereocenters. The van der Waals surface area contributed by atoms with Gasteiger partial charge in [-0.3, -0.25) is 0 Å². The minimum Gasteiger partial charge on any atom is -0.474 e. The molecule has 0 aliphatic carbocycles. The second-order valence-corrected chi connectivity index (χ2v) is 8.37. The van der Waals surface area contributed by atoms with Crippen LogP contribution in [0.4, 0.5) is 11.9 Å². The minimum absolute atomic E-state index is 0.212. The summed E-state index contributed by atoms with van der Waals surface area (Å²) in [6.45, 7) is 4.87. The van der Waals surface area contributed by atoms with Gasteiger partial charge in [0.2, 0.25) is 17.8 Å². The lowest BCUT2D eigenvalue weighted by atomic mass is 10.1. The first-order valence-corrected chi connectivity index (χ1v) is 11.3. The van der Waals surface area contributed by atoms with Crippen molar-refractivity contribution in [2.45, 2.75) is 18.9 Å². The van der Waals surface area contributed by atoms with Crippen LogP contribution in [0, 0.1) is 0 Å². The van der Waals surface area contributed by atoms with Crippen LogP contribution in [0.3, 0.4) is 0 Å². The van der Waals surface area contributed by atoms with Gasteiger partial charge in [0, 0.05) is 62.0 Å². The molecule has 0 amide bonds. The van der Waals surface area contributed by atoms with E-state index in [1.807, 2.05) is 18.2 Å². The molecule has 0 radical (unpaired) electrons. The standard InChI is InChI=1S/C23H28N8O2/c1-30-6-4-18(5-7-30)33-21-3-2-16(13-25-21)19-12-20(17-14-26-22(24)27-15-17)29-23(28-19)31-8-10-32-11-9-31/h2-3,12-15,18H,4-11H2,1H3,(H2,24,26,27). The van der Waals surface area contributed by atoms with E-state index in [0.717, 1.165) is 61.5 Å². The number of pyridine rings is 1. The first kappa shape index (κ1) is 21.5. The molecule has 0 spiro atoms. The highest BCUT2D eigenvalue weighted by Gasteiger charge is 2.20. The summed E-state index contributed by atoms with van der Waals surface area (Å²) in [5.41, 5.74) is 8.83. The van der Waals surface area contributed by atoms with Crippen LogP contribution < -0.4 is 15.4 Å². The number of anilines is 2. The first-order chi connectivity index (χ1) is 16.1. The molecule has 3 aromatic rings. The smallest absolute Gasteiger partial charge is 0.226 e. The zero-order chi connectivity index (χ0) is 22.6. The van der Waals surface area contributed by atoms with E-state index < -0.39 is 0 Å². The highest BCUT2D eigenvalue weighted by Crippen LogP contribution is 2.27. The largest absolute Gasteiger partial charge is 0.474 e. The van der Waals surface area contributed by atoms with E-state index in [2.05, 4.69) is 31.8 Å². The number of hydrogen-bond donors (Lipinski definition) is 1. The van der Waals surface area contributed by atoms with E-state index in [4.69, 9.17) is 25.2 Å². The van der Waals surface area contributed by atoms with Gasteiger partial charge in [0.15, 0.2) is 0 Å². The number of piperidine rings is 1. The molecule has 2 aliphatic heterocycles. The monoisotopic (exact) mass is 448 g/mol. The van der Waals surface area contributed by atoms with Crippen molar-refractivity contribution in [1.82, 2.24) is 29.8 Å². The molecule has 0 atom stereocenters. The van der Waals surface area contributed by atoms with Gasteiger partial charge in [-0.25, -0.2) is 24.9 Å². The highest BCUT2D eigenvalue weighted by molar-refractivity contribution is 5.68. The Bertz CT molecular complexity index is 1060. The molecule has 5 rings (SSSR count). The summed E-state index contributed by atoms with van der Waals surface area (Å²) in [5, 5.41) is 0. The lowest BCUT2D eigenvalue weighted by Gasteiger charge is -2.29. The molecule has 0 saturated carbocycles. The highest BCUT2D eigenvalue weighted by atomic mass is 16.5. The summed E-state index contributed by atoms with van der Waals surface area (Å²) in [6, 6.07) is 5.83. The fourth-order valence-electron chi connectivity index (χ4n) is 3.98. The van der Waals surface area contributed by atoms with Gasteiger partial charge >= 0.3 is 0 Å². The Balaban J connectivity index is 1.42. The summed E-state index contributed by atoms with van der Waals surface area (Å²) in [7, 11) is 2.14. The van der Waals surface area contributed by atoms with Gasteiger partial charge in [-0.15, -0.1) is 0 Å². The van der Waals surface area contributed by atoms with Gasteiger partial charge in [-0.1, -0.05) is 0 Å². The van der Waals surface area contributed by atoms with Gasteiger partial charge in [0.25, 0.3) is 0 Å². The van der Waals surface area contributed by atoms with Gasteiger partial charge in [-0.05, 0) is 32.0 Å². The van der Waals surface area contributed by atoms with E-state index >= 15 is 0 Å². The van der Waals surface area contributed by atoms with Crippen molar-refractivity contribution in [3.63, 3.8) is 0 Å². The second-order valence-electron chi connectivity index (χ2n) is 8.37. The Labute approximate surface area is 192 Å². The second kappa shape index (κ2) is 9.63. The van der Waals surface area contributed by atoms with Crippen molar-refractivity contribution in [2.75, 3.05) is 57.1 Å². The maximum Gasteiger partial charge on any atom is 0.226 e. The third-order valence-corrected chi connectivity index (χ3v) is 5.96. The summed E-state index contributed by atoms with van der Waals surface area (Å²) >= 11 is 0. The summed E-state index contributed by atoms with van der Waals surface area (Å²) in [5.74, 6) is 1.52. The van der Waals surface area contributed by atoms with Crippen molar-refractivity contribution < 1.29 is 9.47 Å². The van der Waals surface area contributed by atoms with Crippen molar-refractivity contribution in [1.29, 1.82) is 0 Å². The Kier molecular flexibility index (Phi) is 6.27. The van der Waals surface area contributed by atoms with Crippen LogP contribution in [0.1, 0.15) is 12.8 Å². The van der Waals surface area contributed by atoms with Crippen molar-refractivity contribution in [3.05, 3.63) is 36.8 Å². The number of nitrogen functional groups attached to an aromatic ring is 1. The normalized spacial score (nSPS) is 17.8. The molecular weight excluding hydrogens is 420 g/mol. The van der Waals surface area contributed by atoms with Crippen molar-refractivity contribution in [3.8, 4) is 28.4 Å². The average Bonchev–Trinajstić information content (AvgIpc) is 2.87. The molecular formula is C23H28N8O2. The van der Waals surface area contributed by atoms with Gasteiger partial charge in [0.05, 0.1) is 24.6 Å². The number of morpholine rings is 1. The molecule has 10 heteroatoms. The van der Waals surface area contributed by atoms with E-state index in [0.29, 0.717) is 25.0 Å². The summed E-state index contributed by atoms with van der Waals surface area (Å²) in [4.78, 5) is 26.8. The van der Waals surface area contributed by atoms with Crippen molar-refractivity contribution >= 4 is 11.9 Å². The Morgan fingerprint density at radius 3 is 2.24 bits per heavy atom. The number of ether oxygens (including phenoxy) is 2. The maximum absolute atomic E-state index is 6.10. The van der Waals surface area contributed by atoms with Crippen LogP contribution in [0.5, 0.6) is 5.88 Å². The molecule has 2 fully saturated rings. The predicted molar refractivity (Wildman–Crippen MR) is 125 cm³/mol. The first-order valence-electron chi connectivity index (χ1n) is 11.3. The zero-order valence-electron chi connectivity index (χ0n) is 18.7. The van der Waals surface area contributed by atoms with Gasteiger partial charge < -0.3 is 25.0 Å². The lowest BCUT2D eigenvalue weighted by Crippen LogP contribution is -2.37. The number of rotatable bonds is 5. The minimum atomic E-state index is 0.212. The molecule has 5 heterocycles. The van der Waals surface area contributed by atoms with E-state index in [9.17, 15) is 0 Å². The van der Waals surface area contributed by atoms with Gasteiger partial charge in [0.1, 0.15) is 6.10 Å². The van der Waals surface area contributed by atoms with Crippen LogP contribution >= 0.6 is 0 Å². The number of nitrogens with zero attached hydrogens (tertiary/aromatic N) is 7. The molecule has 0 bridgehead atoms. The number of likely N-dealkylation sites (tertiary alicyclic amines) is 1.